The van der Waals surface area contributed by atoms with Crippen molar-refractivity contribution in [3.8, 4) is 0 Å². The largest absolute Gasteiger partial charge is 0.396 e. The molecule has 1 aliphatic carbocycles. The van der Waals surface area contributed by atoms with Crippen molar-refractivity contribution < 1.29 is 10.2 Å². The standard InChI is InChI=1S/C10H21NO2/c12-8-3-1-2-7-11-9-5-4-6-10(9)13/h9-13H,1-8H2/t9-,10-/m0/s1. The summed E-state index contributed by atoms with van der Waals surface area (Å²) in [5, 5.41) is 21.4. The molecule has 1 rings (SSSR count). The van der Waals surface area contributed by atoms with Gasteiger partial charge in [0.1, 0.15) is 0 Å². The van der Waals surface area contributed by atoms with Gasteiger partial charge >= 0.3 is 0 Å². The van der Waals surface area contributed by atoms with Gasteiger partial charge in [0.25, 0.3) is 0 Å². The van der Waals surface area contributed by atoms with E-state index in [1.54, 1.807) is 0 Å². The van der Waals surface area contributed by atoms with Gasteiger partial charge < -0.3 is 15.5 Å². The molecule has 0 aromatic carbocycles. The molecule has 0 aromatic rings. The quantitative estimate of drug-likeness (QED) is 0.535. The zero-order chi connectivity index (χ0) is 9.52. The molecule has 0 aromatic heterocycles. The van der Waals surface area contributed by atoms with Crippen molar-refractivity contribution in [2.45, 2.75) is 50.7 Å². The smallest absolute Gasteiger partial charge is 0.0693 e. The SMILES string of the molecule is OCCCCCN[C@H]1CCC[C@@H]1O. The Kier molecular flexibility index (Phi) is 5.35. The van der Waals surface area contributed by atoms with Crippen LogP contribution in [-0.4, -0.2) is 35.5 Å². The van der Waals surface area contributed by atoms with Crippen LogP contribution in [0.3, 0.4) is 0 Å². The van der Waals surface area contributed by atoms with Crippen LogP contribution < -0.4 is 5.32 Å². The average molecular weight is 187 g/mol. The minimum Gasteiger partial charge on any atom is -0.396 e. The molecule has 1 aliphatic rings. The van der Waals surface area contributed by atoms with Crippen LogP contribution in [0.4, 0.5) is 0 Å². The van der Waals surface area contributed by atoms with Crippen LogP contribution in [0.5, 0.6) is 0 Å². The Morgan fingerprint density at radius 2 is 2.00 bits per heavy atom. The summed E-state index contributed by atoms with van der Waals surface area (Å²) in [5.74, 6) is 0. The van der Waals surface area contributed by atoms with Crippen molar-refractivity contribution >= 4 is 0 Å². The minimum absolute atomic E-state index is 0.127. The normalized spacial score (nSPS) is 28.2. The lowest BCUT2D eigenvalue weighted by Gasteiger charge is -2.15. The summed E-state index contributed by atoms with van der Waals surface area (Å²) in [6.07, 6.45) is 6.16. The minimum atomic E-state index is -0.127. The first-order valence-electron chi connectivity index (χ1n) is 5.37. The Bertz CT molecular complexity index is 130. The number of aliphatic hydroxyl groups excluding tert-OH is 2. The molecule has 2 atom stereocenters. The van der Waals surface area contributed by atoms with Crippen molar-refractivity contribution in [3.63, 3.8) is 0 Å². The predicted molar refractivity (Wildman–Crippen MR) is 52.6 cm³/mol. The molecule has 0 unspecified atom stereocenters. The molecule has 0 radical (unpaired) electrons. The van der Waals surface area contributed by atoms with Crippen molar-refractivity contribution in [3.05, 3.63) is 0 Å². The van der Waals surface area contributed by atoms with Gasteiger partial charge in [0.15, 0.2) is 0 Å². The van der Waals surface area contributed by atoms with Crippen molar-refractivity contribution in [1.82, 2.24) is 5.32 Å². The van der Waals surface area contributed by atoms with Crippen LogP contribution in [0.1, 0.15) is 38.5 Å². The van der Waals surface area contributed by atoms with Gasteiger partial charge in [-0.1, -0.05) is 0 Å². The van der Waals surface area contributed by atoms with E-state index in [0.29, 0.717) is 12.6 Å². The van der Waals surface area contributed by atoms with E-state index in [1.807, 2.05) is 0 Å². The lowest BCUT2D eigenvalue weighted by molar-refractivity contribution is 0.149. The molecule has 0 amide bonds. The molecule has 3 heteroatoms. The van der Waals surface area contributed by atoms with Crippen LogP contribution >= 0.6 is 0 Å². The van der Waals surface area contributed by atoms with Gasteiger partial charge in [-0.25, -0.2) is 0 Å². The Morgan fingerprint density at radius 1 is 1.15 bits per heavy atom. The van der Waals surface area contributed by atoms with Gasteiger partial charge in [-0.2, -0.15) is 0 Å². The van der Waals surface area contributed by atoms with Gasteiger partial charge in [0, 0.05) is 12.6 Å². The summed E-state index contributed by atoms with van der Waals surface area (Å²) >= 11 is 0. The van der Waals surface area contributed by atoms with Crippen LogP contribution in [0.25, 0.3) is 0 Å². The summed E-state index contributed by atoms with van der Waals surface area (Å²) in [7, 11) is 0. The summed E-state index contributed by atoms with van der Waals surface area (Å²) in [5.41, 5.74) is 0. The van der Waals surface area contributed by atoms with Gasteiger partial charge in [0.05, 0.1) is 6.10 Å². The fraction of sp³-hybridized carbons (Fsp3) is 1.00. The first kappa shape index (κ1) is 11.0. The fourth-order valence-corrected chi connectivity index (χ4v) is 1.88. The Balaban J connectivity index is 1.93. The van der Waals surface area contributed by atoms with Gasteiger partial charge in [-0.15, -0.1) is 0 Å². The van der Waals surface area contributed by atoms with Gasteiger partial charge in [0.2, 0.25) is 0 Å². The second kappa shape index (κ2) is 6.35. The summed E-state index contributed by atoms with van der Waals surface area (Å²) in [4.78, 5) is 0. The molecular weight excluding hydrogens is 166 g/mol. The molecule has 0 heterocycles. The maximum absolute atomic E-state index is 9.49. The van der Waals surface area contributed by atoms with E-state index in [-0.39, 0.29) is 6.10 Å². The molecule has 3 nitrogen and oxygen atoms in total. The summed E-state index contributed by atoms with van der Waals surface area (Å²) in [6.45, 7) is 1.27. The second-order valence-electron chi connectivity index (χ2n) is 3.84. The maximum atomic E-state index is 9.49. The number of hydrogen-bond donors (Lipinski definition) is 3. The number of hydrogen-bond acceptors (Lipinski definition) is 3. The van der Waals surface area contributed by atoms with Gasteiger partial charge in [-0.05, 0) is 45.1 Å². The highest BCUT2D eigenvalue weighted by atomic mass is 16.3. The predicted octanol–water partition coefficient (Wildman–Crippen LogP) is 0.652. The topological polar surface area (TPSA) is 52.5 Å². The van der Waals surface area contributed by atoms with E-state index in [1.165, 1.54) is 0 Å². The molecular formula is C10H21NO2. The number of rotatable bonds is 6. The van der Waals surface area contributed by atoms with E-state index in [0.717, 1.165) is 45.1 Å². The molecule has 13 heavy (non-hydrogen) atoms. The highest BCUT2D eigenvalue weighted by Crippen LogP contribution is 2.18. The van der Waals surface area contributed by atoms with Gasteiger partial charge in [-0.3, -0.25) is 0 Å². The van der Waals surface area contributed by atoms with Crippen molar-refractivity contribution in [1.29, 1.82) is 0 Å². The lowest BCUT2D eigenvalue weighted by atomic mass is 10.2. The maximum Gasteiger partial charge on any atom is 0.0693 e. The zero-order valence-corrected chi connectivity index (χ0v) is 8.21. The van der Waals surface area contributed by atoms with Crippen molar-refractivity contribution in [2.75, 3.05) is 13.2 Å². The van der Waals surface area contributed by atoms with E-state index in [2.05, 4.69) is 5.32 Å². The summed E-state index contributed by atoms with van der Waals surface area (Å²) < 4.78 is 0. The van der Waals surface area contributed by atoms with Crippen LogP contribution in [0, 0.1) is 0 Å². The highest BCUT2D eigenvalue weighted by Gasteiger charge is 2.23. The number of aliphatic hydroxyl groups is 2. The van der Waals surface area contributed by atoms with E-state index < -0.39 is 0 Å². The van der Waals surface area contributed by atoms with Crippen LogP contribution in [0.15, 0.2) is 0 Å². The number of unbranched alkanes of at least 4 members (excludes halogenated alkanes) is 2. The Morgan fingerprint density at radius 3 is 2.62 bits per heavy atom. The first-order chi connectivity index (χ1) is 6.34. The Labute approximate surface area is 80.2 Å². The molecule has 0 bridgehead atoms. The molecule has 1 saturated carbocycles. The fourth-order valence-electron chi connectivity index (χ4n) is 1.88. The van der Waals surface area contributed by atoms with Crippen molar-refractivity contribution in [2.24, 2.45) is 0 Å². The molecule has 0 saturated heterocycles. The molecule has 78 valence electrons. The number of nitrogens with one attached hydrogen (secondary N) is 1. The third-order valence-corrected chi connectivity index (χ3v) is 2.72. The van der Waals surface area contributed by atoms with Crippen LogP contribution in [0.2, 0.25) is 0 Å². The molecule has 0 aliphatic heterocycles. The lowest BCUT2D eigenvalue weighted by Crippen LogP contribution is -2.36. The molecule has 0 spiro atoms. The zero-order valence-electron chi connectivity index (χ0n) is 8.21. The first-order valence-corrected chi connectivity index (χ1v) is 5.37. The van der Waals surface area contributed by atoms with Crippen LogP contribution in [-0.2, 0) is 0 Å². The molecule has 1 fully saturated rings. The van der Waals surface area contributed by atoms with E-state index in [9.17, 15) is 5.11 Å². The highest BCUT2D eigenvalue weighted by molar-refractivity contribution is 4.82. The third kappa shape index (κ3) is 4.07. The Hall–Kier alpha value is -0.120. The van der Waals surface area contributed by atoms with E-state index in [4.69, 9.17) is 5.11 Å². The monoisotopic (exact) mass is 187 g/mol. The third-order valence-electron chi connectivity index (χ3n) is 2.72. The molecule has 3 N–H and O–H groups in total. The summed E-state index contributed by atoms with van der Waals surface area (Å²) in [6, 6.07) is 0.328. The van der Waals surface area contributed by atoms with E-state index >= 15 is 0 Å². The second-order valence-corrected chi connectivity index (χ2v) is 3.84. The average Bonchev–Trinajstić information content (AvgIpc) is 2.52.